The molecule has 1 unspecified atom stereocenters. The maximum atomic E-state index is 13.1. The highest BCUT2D eigenvalue weighted by molar-refractivity contribution is 9.10. The Balaban J connectivity index is 2.16. The molecule has 1 aromatic heterocycles. The number of nitrogens with two attached hydrogens (primary N) is 1. The third-order valence-electron chi connectivity index (χ3n) is 2.45. The Morgan fingerprint density at radius 1 is 1.32 bits per heavy atom. The molecule has 0 fully saturated rings. The van der Waals surface area contributed by atoms with Crippen LogP contribution in [0.1, 0.15) is 12.5 Å². The summed E-state index contributed by atoms with van der Waals surface area (Å²) in [6, 6.07) is 6.44. The molecule has 0 aliphatic carbocycles. The molecule has 0 saturated carbocycles. The predicted octanol–water partition coefficient (Wildman–Crippen LogP) is 3.67. The zero-order valence-corrected chi connectivity index (χ0v) is 12.0. The van der Waals surface area contributed by atoms with Crippen LogP contribution in [0, 0.1) is 5.82 Å². The van der Waals surface area contributed by atoms with Crippen molar-refractivity contribution >= 4 is 15.9 Å². The summed E-state index contributed by atoms with van der Waals surface area (Å²) in [5, 5.41) is 0. The highest BCUT2D eigenvalue weighted by Gasteiger charge is 2.05. The maximum Gasteiger partial charge on any atom is 0.145 e. The van der Waals surface area contributed by atoms with E-state index in [9.17, 15) is 4.39 Å². The van der Waals surface area contributed by atoms with E-state index in [4.69, 9.17) is 10.5 Å². The fourth-order valence-corrected chi connectivity index (χ4v) is 2.04. The molecule has 0 amide bonds. The first-order chi connectivity index (χ1) is 9.04. The Hall–Kier alpha value is -1.46. The lowest BCUT2D eigenvalue weighted by Gasteiger charge is -2.09. The van der Waals surface area contributed by atoms with Crippen LogP contribution >= 0.6 is 15.9 Å². The first kappa shape index (κ1) is 14.0. The molecule has 0 spiro atoms. The van der Waals surface area contributed by atoms with Crippen molar-refractivity contribution in [3.8, 4) is 11.5 Å². The largest absolute Gasteiger partial charge is 0.456 e. The van der Waals surface area contributed by atoms with Crippen molar-refractivity contribution in [2.45, 2.75) is 19.4 Å². The Bertz CT molecular complexity index is 575. The summed E-state index contributed by atoms with van der Waals surface area (Å²) >= 11 is 3.12. The van der Waals surface area contributed by atoms with Crippen molar-refractivity contribution in [2.24, 2.45) is 5.73 Å². The Morgan fingerprint density at radius 2 is 2.11 bits per heavy atom. The van der Waals surface area contributed by atoms with Crippen LogP contribution < -0.4 is 10.5 Å². The van der Waals surface area contributed by atoms with E-state index < -0.39 is 0 Å². The molecule has 2 rings (SSSR count). The van der Waals surface area contributed by atoms with Gasteiger partial charge in [-0.15, -0.1) is 0 Å². The Morgan fingerprint density at radius 3 is 2.79 bits per heavy atom. The fourth-order valence-electron chi connectivity index (χ4n) is 1.68. The maximum absolute atomic E-state index is 13.1. The van der Waals surface area contributed by atoms with Gasteiger partial charge in [0.15, 0.2) is 0 Å². The van der Waals surface area contributed by atoms with Gasteiger partial charge in [0.2, 0.25) is 0 Å². The molecule has 5 heteroatoms. The highest BCUT2D eigenvalue weighted by atomic mass is 79.9. The van der Waals surface area contributed by atoms with Gasteiger partial charge in [-0.05, 0) is 59.1 Å². The van der Waals surface area contributed by atoms with E-state index in [0.29, 0.717) is 16.0 Å². The molecule has 0 aliphatic rings. The smallest absolute Gasteiger partial charge is 0.145 e. The third-order valence-corrected chi connectivity index (χ3v) is 3.06. The molecule has 0 saturated heterocycles. The van der Waals surface area contributed by atoms with Gasteiger partial charge in [-0.3, -0.25) is 4.98 Å². The van der Waals surface area contributed by atoms with Gasteiger partial charge in [0, 0.05) is 12.2 Å². The average molecular weight is 325 g/mol. The van der Waals surface area contributed by atoms with E-state index in [1.807, 2.05) is 13.0 Å². The van der Waals surface area contributed by atoms with Crippen molar-refractivity contribution in [1.82, 2.24) is 4.98 Å². The standard InChI is InChI=1S/C14H14BrFN2O/c1-9(17)4-10-5-12(8-18-7-10)19-11-2-3-14(16)13(15)6-11/h2-3,5-9H,4,17H2,1H3. The second-order valence-electron chi connectivity index (χ2n) is 4.39. The van der Waals surface area contributed by atoms with E-state index in [0.717, 1.165) is 12.0 Å². The summed E-state index contributed by atoms with van der Waals surface area (Å²) in [4.78, 5) is 4.11. The number of hydrogen-bond donors (Lipinski definition) is 1. The number of aromatic nitrogens is 1. The highest BCUT2D eigenvalue weighted by Crippen LogP contribution is 2.26. The molecule has 0 radical (unpaired) electrons. The van der Waals surface area contributed by atoms with Crippen LogP contribution in [-0.4, -0.2) is 11.0 Å². The van der Waals surface area contributed by atoms with Crippen molar-refractivity contribution in [1.29, 1.82) is 0 Å². The molecule has 1 atom stereocenters. The second-order valence-corrected chi connectivity index (χ2v) is 5.24. The van der Waals surface area contributed by atoms with Crippen molar-refractivity contribution in [2.75, 3.05) is 0 Å². The lowest BCUT2D eigenvalue weighted by Crippen LogP contribution is -2.17. The number of nitrogens with zero attached hydrogens (tertiary/aromatic N) is 1. The van der Waals surface area contributed by atoms with E-state index >= 15 is 0 Å². The molecule has 2 N–H and O–H groups in total. The summed E-state index contributed by atoms with van der Waals surface area (Å²) in [6.45, 7) is 1.94. The van der Waals surface area contributed by atoms with Crippen LogP contribution in [0.15, 0.2) is 41.1 Å². The molecule has 1 aromatic carbocycles. The van der Waals surface area contributed by atoms with Gasteiger partial charge in [-0.1, -0.05) is 0 Å². The van der Waals surface area contributed by atoms with E-state index in [2.05, 4.69) is 20.9 Å². The molecule has 3 nitrogen and oxygen atoms in total. The molecular weight excluding hydrogens is 311 g/mol. The number of hydrogen-bond acceptors (Lipinski definition) is 3. The zero-order chi connectivity index (χ0) is 13.8. The van der Waals surface area contributed by atoms with Gasteiger partial charge < -0.3 is 10.5 Å². The van der Waals surface area contributed by atoms with Gasteiger partial charge in [0.25, 0.3) is 0 Å². The van der Waals surface area contributed by atoms with Crippen molar-refractivity contribution < 1.29 is 9.13 Å². The molecule has 19 heavy (non-hydrogen) atoms. The summed E-state index contributed by atoms with van der Waals surface area (Å²) in [5.41, 5.74) is 6.76. The molecule has 100 valence electrons. The number of ether oxygens (including phenoxy) is 1. The minimum atomic E-state index is -0.323. The number of pyridine rings is 1. The third kappa shape index (κ3) is 4.01. The first-order valence-electron chi connectivity index (χ1n) is 5.87. The predicted molar refractivity (Wildman–Crippen MR) is 75.8 cm³/mol. The summed E-state index contributed by atoms with van der Waals surface area (Å²) in [6.07, 6.45) is 4.11. The molecular formula is C14H14BrFN2O. The van der Waals surface area contributed by atoms with Crippen LogP contribution in [0.25, 0.3) is 0 Å². The van der Waals surface area contributed by atoms with Gasteiger partial charge in [0.1, 0.15) is 17.3 Å². The van der Waals surface area contributed by atoms with Crippen LogP contribution in [0.2, 0.25) is 0 Å². The van der Waals surface area contributed by atoms with Crippen molar-refractivity contribution in [3.63, 3.8) is 0 Å². The van der Waals surface area contributed by atoms with Gasteiger partial charge in [-0.25, -0.2) is 4.39 Å². The number of halogens is 2. The zero-order valence-electron chi connectivity index (χ0n) is 10.4. The SMILES string of the molecule is CC(N)Cc1cncc(Oc2ccc(F)c(Br)c2)c1. The summed E-state index contributed by atoms with van der Waals surface area (Å²) < 4.78 is 19.1. The molecule has 0 bridgehead atoms. The molecule has 2 aromatic rings. The van der Waals surface area contributed by atoms with Crippen LogP contribution in [0.4, 0.5) is 4.39 Å². The molecule has 0 aliphatic heterocycles. The van der Waals surface area contributed by atoms with Crippen molar-refractivity contribution in [3.05, 3.63) is 52.5 Å². The average Bonchev–Trinajstić information content (AvgIpc) is 2.33. The monoisotopic (exact) mass is 324 g/mol. The summed E-state index contributed by atoms with van der Waals surface area (Å²) in [5.74, 6) is 0.834. The van der Waals surface area contributed by atoms with E-state index in [1.54, 1.807) is 24.5 Å². The van der Waals surface area contributed by atoms with Crippen LogP contribution in [0.5, 0.6) is 11.5 Å². The fraction of sp³-hybridized carbons (Fsp3) is 0.214. The lowest BCUT2D eigenvalue weighted by molar-refractivity contribution is 0.476. The Labute approximate surface area is 119 Å². The van der Waals surface area contributed by atoms with Crippen LogP contribution in [0.3, 0.4) is 0 Å². The number of benzene rings is 1. The topological polar surface area (TPSA) is 48.1 Å². The van der Waals surface area contributed by atoms with Gasteiger partial charge >= 0.3 is 0 Å². The second kappa shape index (κ2) is 6.12. The summed E-state index contributed by atoms with van der Waals surface area (Å²) in [7, 11) is 0. The normalized spacial score (nSPS) is 12.2. The quantitative estimate of drug-likeness (QED) is 0.933. The van der Waals surface area contributed by atoms with Crippen LogP contribution in [-0.2, 0) is 6.42 Å². The number of rotatable bonds is 4. The van der Waals surface area contributed by atoms with Gasteiger partial charge in [-0.2, -0.15) is 0 Å². The lowest BCUT2D eigenvalue weighted by atomic mass is 10.1. The molecule has 1 heterocycles. The van der Waals surface area contributed by atoms with Gasteiger partial charge in [0.05, 0.1) is 10.7 Å². The van der Waals surface area contributed by atoms with E-state index in [-0.39, 0.29) is 11.9 Å². The Kier molecular flexibility index (Phi) is 4.50. The minimum Gasteiger partial charge on any atom is -0.456 e. The first-order valence-corrected chi connectivity index (χ1v) is 6.66. The van der Waals surface area contributed by atoms with E-state index in [1.165, 1.54) is 6.07 Å². The minimum absolute atomic E-state index is 0.0667.